The number of ether oxygens (including phenoxy) is 2. The third kappa shape index (κ3) is 2.79. The third-order valence-electron chi connectivity index (χ3n) is 3.18. The number of fused-ring (bicyclic) bond motifs is 1. The molecule has 0 saturated heterocycles. The van der Waals surface area contributed by atoms with E-state index in [2.05, 4.69) is 14.9 Å². The van der Waals surface area contributed by atoms with E-state index in [1.54, 1.807) is 6.20 Å². The molecule has 3 rings (SSSR count). The minimum absolute atomic E-state index is 0.574. The van der Waals surface area contributed by atoms with Crippen LogP contribution in [0.5, 0.6) is 11.5 Å². The monoisotopic (exact) mass is 274 g/mol. The molecule has 0 amide bonds. The molecule has 20 heavy (non-hydrogen) atoms. The van der Waals surface area contributed by atoms with Crippen molar-refractivity contribution in [3.8, 4) is 11.5 Å². The summed E-state index contributed by atoms with van der Waals surface area (Å²) in [7, 11) is 0. The van der Waals surface area contributed by atoms with Gasteiger partial charge in [-0.2, -0.15) is 0 Å². The first-order valence-corrected chi connectivity index (χ1v) is 6.71. The Morgan fingerprint density at radius 3 is 2.80 bits per heavy atom. The van der Waals surface area contributed by atoms with Gasteiger partial charge in [0.25, 0.3) is 0 Å². The molecule has 0 fully saturated rings. The molecule has 3 N–H and O–H groups in total. The summed E-state index contributed by atoms with van der Waals surface area (Å²) in [5.74, 6) is 1.47. The summed E-state index contributed by atoms with van der Waals surface area (Å²) < 4.78 is 13.1. The molecule has 0 saturated carbocycles. The molecular formula is C14H18N4O2. The fourth-order valence-electron chi connectivity index (χ4n) is 2.16. The fraction of sp³-hybridized carbons (Fsp3) is 0.357. The van der Waals surface area contributed by atoms with E-state index in [-0.39, 0.29) is 0 Å². The van der Waals surface area contributed by atoms with Crippen molar-refractivity contribution in [2.24, 2.45) is 0 Å². The number of benzene rings is 1. The zero-order chi connectivity index (χ0) is 13.8. The molecule has 0 radical (unpaired) electrons. The Hall–Kier alpha value is -2.37. The number of nitrogens with zero attached hydrogens (tertiary/aromatic N) is 2. The predicted molar refractivity (Wildman–Crippen MR) is 77.2 cm³/mol. The highest BCUT2D eigenvalue weighted by atomic mass is 16.6. The number of nitrogen functional groups attached to an aromatic ring is 1. The number of hydrogen-bond acceptors (Lipinski definition) is 5. The lowest BCUT2D eigenvalue weighted by Crippen LogP contribution is -2.16. The second-order valence-corrected chi connectivity index (χ2v) is 4.66. The summed E-state index contributed by atoms with van der Waals surface area (Å²) in [5.41, 5.74) is 7.57. The Labute approximate surface area is 117 Å². The zero-order valence-electron chi connectivity index (χ0n) is 11.2. The van der Waals surface area contributed by atoms with Crippen molar-refractivity contribution in [1.29, 1.82) is 0 Å². The first-order valence-electron chi connectivity index (χ1n) is 6.71. The topological polar surface area (TPSA) is 74.3 Å². The van der Waals surface area contributed by atoms with Gasteiger partial charge in [-0.1, -0.05) is 0 Å². The first-order chi connectivity index (χ1) is 9.83. The van der Waals surface area contributed by atoms with Gasteiger partial charge < -0.3 is 25.1 Å². The Morgan fingerprint density at radius 1 is 1.25 bits per heavy atom. The quantitative estimate of drug-likeness (QED) is 0.641. The maximum atomic E-state index is 6.01. The number of nitrogens with one attached hydrogen (secondary N) is 1. The summed E-state index contributed by atoms with van der Waals surface area (Å²) >= 11 is 0. The molecular weight excluding hydrogens is 256 g/mol. The van der Waals surface area contributed by atoms with Gasteiger partial charge in [-0.05, 0) is 6.42 Å². The van der Waals surface area contributed by atoms with E-state index in [0.29, 0.717) is 18.9 Å². The van der Waals surface area contributed by atoms with E-state index in [4.69, 9.17) is 15.2 Å². The summed E-state index contributed by atoms with van der Waals surface area (Å²) in [6.07, 6.45) is 6.55. The Morgan fingerprint density at radius 2 is 2.05 bits per heavy atom. The Balaban J connectivity index is 1.57. The molecule has 0 aliphatic carbocycles. The lowest BCUT2D eigenvalue weighted by atomic mass is 10.2. The number of anilines is 2. The molecule has 1 aliphatic rings. The maximum absolute atomic E-state index is 6.01. The number of hydrogen-bond donors (Lipinski definition) is 2. The van der Waals surface area contributed by atoms with Crippen molar-refractivity contribution in [3.05, 3.63) is 30.9 Å². The van der Waals surface area contributed by atoms with Crippen LogP contribution in [0.2, 0.25) is 0 Å². The van der Waals surface area contributed by atoms with Crippen LogP contribution in [0.1, 0.15) is 6.42 Å². The number of rotatable bonds is 5. The highest BCUT2D eigenvalue weighted by molar-refractivity contribution is 5.72. The smallest absolute Gasteiger partial charge is 0.163 e. The molecule has 1 aromatic carbocycles. The van der Waals surface area contributed by atoms with Gasteiger partial charge in [0.2, 0.25) is 0 Å². The average molecular weight is 274 g/mol. The zero-order valence-corrected chi connectivity index (χ0v) is 11.2. The molecule has 1 aromatic heterocycles. The van der Waals surface area contributed by atoms with E-state index in [0.717, 1.165) is 36.7 Å². The Kier molecular flexibility index (Phi) is 3.62. The second-order valence-electron chi connectivity index (χ2n) is 4.66. The van der Waals surface area contributed by atoms with Crippen molar-refractivity contribution >= 4 is 11.4 Å². The number of aromatic nitrogens is 2. The van der Waals surface area contributed by atoms with E-state index in [1.165, 1.54) is 0 Å². The van der Waals surface area contributed by atoms with E-state index >= 15 is 0 Å². The standard InChI is InChI=1S/C14H18N4O2/c15-11-8-13-14(20-7-6-19-13)9-12(11)17-2-1-4-18-5-3-16-10-18/h3,5,8-10,17H,1-2,4,6-7,15H2. The van der Waals surface area contributed by atoms with Crippen LogP contribution >= 0.6 is 0 Å². The molecule has 0 bridgehead atoms. The minimum atomic E-state index is 0.574. The van der Waals surface area contributed by atoms with Gasteiger partial charge in [0.15, 0.2) is 11.5 Å². The predicted octanol–water partition coefficient (Wildman–Crippen LogP) is 1.74. The van der Waals surface area contributed by atoms with Gasteiger partial charge >= 0.3 is 0 Å². The average Bonchev–Trinajstić information content (AvgIpc) is 2.97. The van der Waals surface area contributed by atoms with Crippen molar-refractivity contribution in [2.45, 2.75) is 13.0 Å². The molecule has 0 spiro atoms. The van der Waals surface area contributed by atoms with Crippen LogP contribution in [-0.4, -0.2) is 29.3 Å². The van der Waals surface area contributed by atoms with Gasteiger partial charge in [0.1, 0.15) is 13.2 Å². The van der Waals surface area contributed by atoms with Gasteiger partial charge in [-0.15, -0.1) is 0 Å². The van der Waals surface area contributed by atoms with Crippen molar-refractivity contribution in [3.63, 3.8) is 0 Å². The normalized spacial score (nSPS) is 13.2. The van der Waals surface area contributed by atoms with Crippen molar-refractivity contribution in [1.82, 2.24) is 9.55 Å². The van der Waals surface area contributed by atoms with E-state index in [9.17, 15) is 0 Å². The molecule has 6 nitrogen and oxygen atoms in total. The summed E-state index contributed by atoms with van der Waals surface area (Å²) in [6, 6.07) is 3.72. The van der Waals surface area contributed by atoms with Gasteiger partial charge in [-0.25, -0.2) is 4.98 Å². The highest BCUT2D eigenvalue weighted by Gasteiger charge is 2.14. The SMILES string of the molecule is Nc1cc2c(cc1NCCCn1ccnc1)OCCO2. The van der Waals surface area contributed by atoms with Gasteiger partial charge in [0, 0.05) is 37.6 Å². The fourth-order valence-corrected chi connectivity index (χ4v) is 2.16. The molecule has 2 heterocycles. The lowest BCUT2D eigenvalue weighted by Gasteiger charge is -2.20. The van der Waals surface area contributed by atoms with Crippen LogP contribution in [0.15, 0.2) is 30.9 Å². The molecule has 0 unspecified atom stereocenters. The van der Waals surface area contributed by atoms with E-state index < -0.39 is 0 Å². The summed E-state index contributed by atoms with van der Waals surface area (Å²) in [4.78, 5) is 4.01. The van der Waals surface area contributed by atoms with Crippen molar-refractivity contribution in [2.75, 3.05) is 30.8 Å². The van der Waals surface area contributed by atoms with Crippen LogP contribution in [0.4, 0.5) is 11.4 Å². The second kappa shape index (κ2) is 5.73. The summed E-state index contributed by atoms with van der Waals surface area (Å²) in [6.45, 7) is 2.92. The van der Waals surface area contributed by atoms with Crippen LogP contribution in [0.3, 0.4) is 0 Å². The minimum Gasteiger partial charge on any atom is -0.486 e. The van der Waals surface area contributed by atoms with Crippen molar-refractivity contribution < 1.29 is 9.47 Å². The Bertz CT molecular complexity index is 569. The molecule has 0 atom stereocenters. The van der Waals surface area contributed by atoms with Crippen LogP contribution < -0.4 is 20.5 Å². The molecule has 1 aliphatic heterocycles. The van der Waals surface area contributed by atoms with Gasteiger partial charge in [-0.3, -0.25) is 0 Å². The molecule has 6 heteroatoms. The highest BCUT2D eigenvalue weighted by Crippen LogP contribution is 2.36. The molecule has 2 aromatic rings. The number of aryl methyl sites for hydroxylation is 1. The number of nitrogens with two attached hydrogens (primary N) is 1. The first kappa shape index (κ1) is 12.7. The largest absolute Gasteiger partial charge is 0.486 e. The van der Waals surface area contributed by atoms with Gasteiger partial charge in [0.05, 0.1) is 17.7 Å². The van der Waals surface area contributed by atoms with E-state index in [1.807, 2.05) is 24.7 Å². The maximum Gasteiger partial charge on any atom is 0.163 e. The van der Waals surface area contributed by atoms with Crippen LogP contribution in [-0.2, 0) is 6.54 Å². The summed E-state index contributed by atoms with van der Waals surface area (Å²) in [5, 5.41) is 3.33. The number of imidazole rings is 1. The third-order valence-corrected chi connectivity index (χ3v) is 3.18. The lowest BCUT2D eigenvalue weighted by molar-refractivity contribution is 0.172. The molecule has 106 valence electrons. The van der Waals surface area contributed by atoms with Crippen LogP contribution in [0.25, 0.3) is 0 Å². The van der Waals surface area contributed by atoms with Crippen LogP contribution in [0, 0.1) is 0 Å².